The van der Waals surface area contributed by atoms with E-state index in [9.17, 15) is 8.42 Å². The Labute approximate surface area is 113 Å². The van der Waals surface area contributed by atoms with Gasteiger partial charge in [0.2, 0.25) is 10.0 Å². The predicted octanol–water partition coefficient (Wildman–Crippen LogP) is 0.515. The largest absolute Gasteiger partial charge is 0.303 e. The number of sulfonamides is 1. The average molecular weight is 284 g/mol. The zero-order chi connectivity index (χ0) is 13.5. The van der Waals surface area contributed by atoms with E-state index in [1.165, 1.54) is 12.4 Å². The molecule has 0 spiro atoms. The molecule has 0 radical (unpaired) electrons. The Kier molecular flexibility index (Phi) is 3.36. The summed E-state index contributed by atoms with van der Waals surface area (Å²) >= 11 is 0. The first-order valence-electron chi connectivity index (χ1n) is 6.78. The number of nitrogens with zero attached hydrogens (tertiary/aromatic N) is 3. The van der Waals surface area contributed by atoms with Gasteiger partial charge in [0.1, 0.15) is 4.90 Å². The van der Waals surface area contributed by atoms with Crippen molar-refractivity contribution >= 4 is 10.0 Å². The van der Waals surface area contributed by atoms with E-state index in [0.29, 0.717) is 25.0 Å². The monoisotopic (exact) mass is 284 g/mol. The van der Waals surface area contributed by atoms with E-state index in [-0.39, 0.29) is 4.90 Å². The maximum atomic E-state index is 12.5. The third-order valence-electron chi connectivity index (χ3n) is 4.42. The Bertz CT molecular complexity index is 528. The Morgan fingerprint density at radius 2 is 2.21 bits per heavy atom. The topological polar surface area (TPSA) is 69.3 Å². The standard InChI is InChI=1S/C12H20N4O2S/c1-15-5-2-3-10-9-16(6-4-12(10)15)19(17,18)11-7-13-14-8-11/h7-8,10,12H,2-6,9H2,1H3,(H,13,14). The Morgan fingerprint density at radius 1 is 1.37 bits per heavy atom. The molecular weight excluding hydrogens is 264 g/mol. The second kappa shape index (κ2) is 4.88. The van der Waals surface area contributed by atoms with E-state index in [4.69, 9.17) is 0 Å². The minimum absolute atomic E-state index is 0.273. The van der Waals surface area contributed by atoms with Crippen molar-refractivity contribution in [3.05, 3.63) is 12.4 Å². The van der Waals surface area contributed by atoms with Gasteiger partial charge in [0.05, 0.1) is 6.20 Å². The molecular formula is C12H20N4O2S. The number of piperidine rings is 2. The van der Waals surface area contributed by atoms with Crippen molar-refractivity contribution in [2.24, 2.45) is 5.92 Å². The zero-order valence-electron chi connectivity index (χ0n) is 11.1. The highest BCUT2D eigenvalue weighted by Gasteiger charge is 2.38. The quantitative estimate of drug-likeness (QED) is 0.859. The maximum Gasteiger partial charge on any atom is 0.246 e. The van der Waals surface area contributed by atoms with Crippen LogP contribution in [0, 0.1) is 5.92 Å². The fourth-order valence-electron chi connectivity index (χ4n) is 3.37. The molecule has 3 rings (SSSR count). The highest BCUT2D eigenvalue weighted by atomic mass is 32.2. The third kappa shape index (κ3) is 2.30. The van der Waals surface area contributed by atoms with Gasteiger partial charge in [-0.3, -0.25) is 5.10 Å². The first kappa shape index (κ1) is 13.1. The zero-order valence-corrected chi connectivity index (χ0v) is 11.9. The minimum Gasteiger partial charge on any atom is -0.303 e. The molecule has 0 aliphatic carbocycles. The molecule has 2 atom stereocenters. The smallest absolute Gasteiger partial charge is 0.246 e. The lowest BCUT2D eigenvalue weighted by Crippen LogP contribution is -2.53. The summed E-state index contributed by atoms with van der Waals surface area (Å²) in [6.45, 7) is 2.39. The fourth-order valence-corrected chi connectivity index (χ4v) is 4.79. The number of fused-ring (bicyclic) bond motifs is 1. The van der Waals surface area contributed by atoms with Gasteiger partial charge in [-0.1, -0.05) is 0 Å². The molecule has 1 N–H and O–H groups in total. The van der Waals surface area contributed by atoms with Gasteiger partial charge < -0.3 is 4.90 Å². The van der Waals surface area contributed by atoms with Crippen molar-refractivity contribution in [1.29, 1.82) is 0 Å². The van der Waals surface area contributed by atoms with Crippen LogP contribution in [0.1, 0.15) is 19.3 Å². The highest BCUT2D eigenvalue weighted by Crippen LogP contribution is 2.31. The van der Waals surface area contributed by atoms with Crippen LogP contribution in [-0.4, -0.2) is 60.5 Å². The van der Waals surface area contributed by atoms with Crippen LogP contribution in [0.4, 0.5) is 0 Å². The van der Waals surface area contributed by atoms with Crippen molar-refractivity contribution in [2.75, 3.05) is 26.7 Å². The van der Waals surface area contributed by atoms with Gasteiger partial charge in [-0.15, -0.1) is 0 Å². The second-order valence-corrected chi connectivity index (χ2v) is 7.47. The molecule has 106 valence electrons. The van der Waals surface area contributed by atoms with Crippen molar-refractivity contribution < 1.29 is 8.42 Å². The normalized spacial score (nSPS) is 30.2. The summed E-state index contributed by atoms with van der Waals surface area (Å²) < 4.78 is 26.5. The van der Waals surface area contributed by atoms with Gasteiger partial charge in [-0.05, 0) is 38.8 Å². The Balaban J connectivity index is 1.78. The van der Waals surface area contributed by atoms with Crippen molar-refractivity contribution in [1.82, 2.24) is 19.4 Å². The van der Waals surface area contributed by atoms with E-state index in [1.54, 1.807) is 4.31 Å². The number of aromatic amines is 1. The first-order valence-corrected chi connectivity index (χ1v) is 8.22. The molecule has 1 aromatic heterocycles. The summed E-state index contributed by atoms with van der Waals surface area (Å²) in [4.78, 5) is 2.66. The fraction of sp³-hybridized carbons (Fsp3) is 0.750. The molecule has 2 saturated heterocycles. The Hall–Kier alpha value is -0.920. The number of likely N-dealkylation sites (tertiary alicyclic amines) is 1. The molecule has 3 heterocycles. The van der Waals surface area contributed by atoms with Crippen LogP contribution in [0.2, 0.25) is 0 Å². The van der Waals surface area contributed by atoms with Crippen molar-refractivity contribution in [2.45, 2.75) is 30.2 Å². The van der Waals surface area contributed by atoms with Crippen LogP contribution < -0.4 is 0 Å². The molecule has 2 aliphatic rings. The molecule has 6 nitrogen and oxygen atoms in total. The van der Waals surface area contributed by atoms with E-state index in [1.807, 2.05) is 0 Å². The highest BCUT2D eigenvalue weighted by molar-refractivity contribution is 7.89. The molecule has 0 aromatic carbocycles. The number of rotatable bonds is 2. The molecule has 1 aromatic rings. The van der Waals surface area contributed by atoms with Gasteiger partial charge in [0.25, 0.3) is 0 Å². The van der Waals surface area contributed by atoms with Crippen LogP contribution in [0.5, 0.6) is 0 Å². The summed E-state index contributed by atoms with van der Waals surface area (Å²) in [6, 6.07) is 0.546. The average Bonchev–Trinajstić information content (AvgIpc) is 2.93. The SMILES string of the molecule is CN1CCCC2CN(S(=O)(=O)c3cn[nH]c3)CCC21. The number of nitrogens with one attached hydrogen (secondary N) is 1. The first-order chi connectivity index (χ1) is 9.09. The van der Waals surface area contributed by atoms with Crippen LogP contribution in [-0.2, 0) is 10.0 Å². The van der Waals surface area contributed by atoms with E-state index in [0.717, 1.165) is 25.8 Å². The molecule has 2 fully saturated rings. The molecule has 7 heteroatoms. The number of aromatic nitrogens is 2. The molecule has 2 unspecified atom stereocenters. The summed E-state index contributed by atoms with van der Waals surface area (Å²) in [5.74, 6) is 0.467. The maximum absolute atomic E-state index is 12.5. The van der Waals surface area contributed by atoms with Crippen LogP contribution in [0.15, 0.2) is 17.3 Å². The Morgan fingerprint density at radius 3 is 2.95 bits per heavy atom. The molecule has 0 saturated carbocycles. The summed E-state index contributed by atoms with van der Waals surface area (Å²) in [7, 11) is -1.22. The predicted molar refractivity (Wildman–Crippen MR) is 71.1 cm³/mol. The van der Waals surface area contributed by atoms with E-state index in [2.05, 4.69) is 22.1 Å². The lowest BCUT2D eigenvalue weighted by molar-refractivity contribution is 0.0671. The minimum atomic E-state index is -3.37. The van der Waals surface area contributed by atoms with E-state index < -0.39 is 10.0 Å². The summed E-state index contributed by atoms with van der Waals surface area (Å²) in [5, 5.41) is 6.31. The van der Waals surface area contributed by atoms with Gasteiger partial charge in [0, 0.05) is 25.3 Å². The summed E-state index contributed by atoms with van der Waals surface area (Å²) in [6.07, 6.45) is 6.06. The molecule has 0 amide bonds. The number of H-pyrrole nitrogens is 1. The van der Waals surface area contributed by atoms with Gasteiger partial charge in [-0.2, -0.15) is 9.40 Å². The van der Waals surface area contributed by atoms with E-state index >= 15 is 0 Å². The lowest BCUT2D eigenvalue weighted by atomic mass is 9.85. The van der Waals surface area contributed by atoms with Gasteiger partial charge >= 0.3 is 0 Å². The van der Waals surface area contributed by atoms with Gasteiger partial charge in [-0.25, -0.2) is 8.42 Å². The number of hydrogen-bond donors (Lipinski definition) is 1. The molecule has 2 aliphatic heterocycles. The molecule has 19 heavy (non-hydrogen) atoms. The van der Waals surface area contributed by atoms with Crippen molar-refractivity contribution in [3.8, 4) is 0 Å². The van der Waals surface area contributed by atoms with Crippen LogP contribution >= 0.6 is 0 Å². The molecule has 0 bridgehead atoms. The van der Waals surface area contributed by atoms with Crippen molar-refractivity contribution in [3.63, 3.8) is 0 Å². The number of hydrogen-bond acceptors (Lipinski definition) is 4. The lowest BCUT2D eigenvalue weighted by Gasteiger charge is -2.45. The van der Waals surface area contributed by atoms with Gasteiger partial charge in [0.15, 0.2) is 0 Å². The second-order valence-electron chi connectivity index (χ2n) is 5.54. The van der Waals surface area contributed by atoms with Crippen LogP contribution in [0.3, 0.4) is 0 Å². The van der Waals surface area contributed by atoms with Crippen LogP contribution in [0.25, 0.3) is 0 Å². The summed E-state index contributed by atoms with van der Waals surface area (Å²) in [5.41, 5.74) is 0. The third-order valence-corrected chi connectivity index (χ3v) is 6.25.